The van der Waals surface area contributed by atoms with Crippen LogP contribution < -0.4 is 4.74 Å². The zero-order valence-electron chi connectivity index (χ0n) is 18.3. The molecule has 1 saturated heterocycles. The highest BCUT2D eigenvalue weighted by atomic mass is 32.2. The zero-order valence-corrected chi connectivity index (χ0v) is 19.1. The fourth-order valence-corrected chi connectivity index (χ4v) is 5.58. The summed E-state index contributed by atoms with van der Waals surface area (Å²) in [5.74, 6) is 0.865. The standard InChI is InChI=1S/C25H28N2O4S/c1-19-7-9-20(10-8-19)25(23-5-3-4-6-24(23)28)26-15-17-27(18-16-26)32(29,30)22-13-11-21(31-2)12-14-22/h3-14,25,28H,15-18H2,1-2H3/t25-/m1/s1. The van der Waals surface area contributed by atoms with Crippen molar-refractivity contribution in [3.8, 4) is 11.5 Å². The lowest BCUT2D eigenvalue weighted by Crippen LogP contribution is -2.49. The van der Waals surface area contributed by atoms with E-state index in [1.165, 1.54) is 9.87 Å². The monoisotopic (exact) mass is 452 g/mol. The van der Waals surface area contributed by atoms with Crippen LogP contribution >= 0.6 is 0 Å². The molecule has 3 aromatic carbocycles. The van der Waals surface area contributed by atoms with Crippen molar-refractivity contribution in [2.75, 3.05) is 33.3 Å². The normalized spacial score (nSPS) is 16.6. The van der Waals surface area contributed by atoms with Crippen LogP contribution in [-0.2, 0) is 10.0 Å². The van der Waals surface area contributed by atoms with E-state index in [2.05, 4.69) is 29.2 Å². The van der Waals surface area contributed by atoms with Crippen LogP contribution in [0, 0.1) is 6.92 Å². The molecule has 168 valence electrons. The smallest absolute Gasteiger partial charge is 0.243 e. The Hall–Kier alpha value is -2.87. The highest BCUT2D eigenvalue weighted by molar-refractivity contribution is 7.89. The molecule has 4 rings (SSSR count). The first-order valence-corrected chi connectivity index (χ1v) is 12.1. The van der Waals surface area contributed by atoms with Crippen molar-refractivity contribution in [2.24, 2.45) is 0 Å². The van der Waals surface area contributed by atoms with E-state index in [9.17, 15) is 13.5 Å². The lowest BCUT2D eigenvalue weighted by molar-refractivity contribution is 0.154. The number of benzene rings is 3. The summed E-state index contributed by atoms with van der Waals surface area (Å²) in [5, 5.41) is 10.6. The molecule has 1 fully saturated rings. The van der Waals surface area contributed by atoms with Crippen molar-refractivity contribution in [2.45, 2.75) is 17.9 Å². The number of rotatable bonds is 6. The molecule has 0 bridgehead atoms. The highest BCUT2D eigenvalue weighted by Gasteiger charge is 2.33. The van der Waals surface area contributed by atoms with Gasteiger partial charge in [0.15, 0.2) is 0 Å². The number of phenolic OH excluding ortho intramolecular Hbond substituents is 1. The molecule has 0 aromatic heterocycles. The Kier molecular flexibility index (Phi) is 6.50. The molecule has 1 N–H and O–H groups in total. The summed E-state index contributed by atoms with van der Waals surface area (Å²) in [6, 6.07) is 22.0. The molecule has 6 nitrogen and oxygen atoms in total. The van der Waals surface area contributed by atoms with Gasteiger partial charge in [0.25, 0.3) is 0 Å². The van der Waals surface area contributed by atoms with Crippen LogP contribution in [0.1, 0.15) is 22.7 Å². The molecule has 0 unspecified atom stereocenters. The van der Waals surface area contributed by atoms with Crippen LogP contribution in [0.4, 0.5) is 0 Å². The molecular weight excluding hydrogens is 424 g/mol. The van der Waals surface area contributed by atoms with Gasteiger partial charge >= 0.3 is 0 Å². The van der Waals surface area contributed by atoms with Crippen LogP contribution in [0.5, 0.6) is 11.5 Å². The Balaban J connectivity index is 1.57. The molecule has 3 aromatic rings. The van der Waals surface area contributed by atoms with Gasteiger partial charge < -0.3 is 9.84 Å². The third kappa shape index (κ3) is 4.50. The Labute approximate surface area is 189 Å². The van der Waals surface area contributed by atoms with Crippen molar-refractivity contribution in [1.82, 2.24) is 9.21 Å². The minimum Gasteiger partial charge on any atom is -0.508 e. The first-order chi connectivity index (χ1) is 15.4. The van der Waals surface area contributed by atoms with E-state index in [4.69, 9.17) is 4.74 Å². The molecule has 1 heterocycles. The first-order valence-electron chi connectivity index (χ1n) is 10.6. The summed E-state index contributed by atoms with van der Waals surface area (Å²) in [5.41, 5.74) is 3.06. The number of aromatic hydroxyl groups is 1. The lowest BCUT2D eigenvalue weighted by Gasteiger charge is -2.39. The largest absolute Gasteiger partial charge is 0.508 e. The predicted molar refractivity (Wildman–Crippen MR) is 124 cm³/mol. The van der Waals surface area contributed by atoms with Gasteiger partial charge in [-0.1, -0.05) is 48.0 Å². The molecule has 0 radical (unpaired) electrons. The highest BCUT2D eigenvalue weighted by Crippen LogP contribution is 2.35. The van der Waals surface area contributed by atoms with Gasteiger partial charge in [0.2, 0.25) is 10.0 Å². The summed E-state index contributed by atoms with van der Waals surface area (Å²) in [6.07, 6.45) is 0. The lowest BCUT2D eigenvalue weighted by atomic mass is 9.95. The summed E-state index contributed by atoms with van der Waals surface area (Å²) < 4.78 is 32.9. The summed E-state index contributed by atoms with van der Waals surface area (Å²) in [6.45, 7) is 3.92. The van der Waals surface area contributed by atoms with E-state index in [0.717, 1.165) is 11.1 Å². The quantitative estimate of drug-likeness (QED) is 0.616. The van der Waals surface area contributed by atoms with Gasteiger partial charge in [0.1, 0.15) is 11.5 Å². The predicted octanol–water partition coefficient (Wildman–Crippen LogP) is 3.81. The Bertz CT molecular complexity index is 1150. The molecule has 0 spiro atoms. The SMILES string of the molecule is COc1ccc(S(=O)(=O)N2CCN([C@H](c3ccc(C)cc3)c3ccccc3O)CC2)cc1. The number of hydrogen-bond donors (Lipinski definition) is 1. The summed E-state index contributed by atoms with van der Waals surface area (Å²) in [4.78, 5) is 2.50. The average molecular weight is 453 g/mol. The van der Waals surface area contributed by atoms with E-state index in [1.54, 1.807) is 37.4 Å². The van der Waals surface area contributed by atoms with Crippen molar-refractivity contribution in [3.05, 3.63) is 89.5 Å². The van der Waals surface area contributed by atoms with Crippen LogP contribution in [0.3, 0.4) is 0 Å². The van der Waals surface area contributed by atoms with Crippen molar-refractivity contribution < 1.29 is 18.3 Å². The second-order valence-electron chi connectivity index (χ2n) is 7.99. The molecule has 7 heteroatoms. The molecule has 0 saturated carbocycles. The second kappa shape index (κ2) is 9.32. The third-order valence-corrected chi connectivity index (χ3v) is 7.87. The minimum absolute atomic E-state index is 0.150. The van der Waals surface area contributed by atoms with Gasteiger partial charge in [-0.15, -0.1) is 0 Å². The minimum atomic E-state index is -3.58. The molecule has 32 heavy (non-hydrogen) atoms. The van der Waals surface area contributed by atoms with Crippen LogP contribution in [0.15, 0.2) is 77.7 Å². The maximum absolute atomic E-state index is 13.1. The van der Waals surface area contributed by atoms with Crippen LogP contribution in [-0.4, -0.2) is 56.0 Å². The number of para-hydroxylation sites is 1. The van der Waals surface area contributed by atoms with Gasteiger partial charge in [0, 0.05) is 31.7 Å². The van der Waals surface area contributed by atoms with Gasteiger partial charge in [-0.3, -0.25) is 4.90 Å². The average Bonchev–Trinajstić information content (AvgIpc) is 2.82. The number of nitrogens with zero attached hydrogens (tertiary/aromatic N) is 2. The van der Waals surface area contributed by atoms with Gasteiger partial charge in [0.05, 0.1) is 18.0 Å². The fourth-order valence-electron chi connectivity index (χ4n) is 4.15. The third-order valence-electron chi connectivity index (χ3n) is 5.96. The topological polar surface area (TPSA) is 70.1 Å². The van der Waals surface area contributed by atoms with E-state index >= 15 is 0 Å². The number of ether oxygens (including phenoxy) is 1. The zero-order chi connectivity index (χ0) is 22.7. The van der Waals surface area contributed by atoms with Crippen molar-refractivity contribution >= 4 is 10.0 Å². The van der Waals surface area contributed by atoms with Crippen molar-refractivity contribution in [1.29, 1.82) is 0 Å². The van der Waals surface area contributed by atoms with Gasteiger partial charge in [-0.2, -0.15) is 4.31 Å². The molecule has 0 aliphatic carbocycles. The van der Waals surface area contributed by atoms with Gasteiger partial charge in [-0.25, -0.2) is 8.42 Å². The number of phenols is 1. The second-order valence-corrected chi connectivity index (χ2v) is 9.93. The molecule has 0 amide bonds. The van der Waals surface area contributed by atoms with Crippen molar-refractivity contribution in [3.63, 3.8) is 0 Å². The maximum Gasteiger partial charge on any atom is 0.243 e. The first kappa shape index (κ1) is 22.3. The molecule has 1 aliphatic heterocycles. The van der Waals surface area contributed by atoms with E-state index in [-0.39, 0.29) is 16.7 Å². The van der Waals surface area contributed by atoms with E-state index in [0.29, 0.717) is 31.9 Å². The van der Waals surface area contributed by atoms with Gasteiger partial charge in [-0.05, 0) is 42.8 Å². The van der Waals surface area contributed by atoms with Crippen LogP contribution in [0.25, 0.3) is 0 Å². The summed E-state index contributed by atoms with van der Waals surface area (Å²) >= 11 is 0. The Morgan fingerprint density at radius 3 is 2.09 bits per heavy atom. The Morgan fingerprint density at radius 2 is 1.50 bits per heavy atom. The molecule has 1 atom stereocenters. The maximum atomic E-state index is 13.1. The Morgan fingerprint density at radius 1 is 0.875 bits per heavy atom. The number of sulfonamides is 1. The van der Waals surface area contributed by atoms with E-state index < -0.39 is 10.0 Å². The molecule has 1 aliphatic rings. The summed E-state index contributed by atoms with van der Waals surface area (Å²) in [7, 11) is -2.02. The number of aryl methyl sites for hydroxylation is 1. The molecular formula is C25H28N2O4S. The van der Waals surface area contributed by atoms with E-state index in [1.807, 2.05) is 25.1 Å². The number of methoxy groups -OCH3 is 1. The number of hydrogen-bond acceptors (Lipinski definition) is 5. The van der Waals surface area contributed by atoms with Crippen LogP contribution in [0.2, 0.25) is 0 Å². The number of piperazine rings is 1. The fraction of sp³-hybridized carbons (Fsp3) is 0.280.